The third-order valence-electron chi connectivity index (χ3n) is 4.20. The number of fused-ring (bicyclic) bond motifs is 1. The van der Waals surface area contributed by atoms with E-state index in [1.807, 2.05) is 0 Å². The second-order valence-electron chi connectivity index (χ2n) is 5.65. The molecular weight excluding hydrogens is 291 g/mol. The molecule has 1 aromatic carbocycles. The van der Waals surface area contributed by atoms with Crippen LogP contribution < -0.4 is 5.32 Å². The van der Waals surface area contributed by atoms with E-state index in [4.69, 9.17) is 0 Å². The highest BCUT2D eigenvalue weighted by Gasteiger charge is 2.47. The molecule has 0 amide bonds. The van der Waals surface area contributed by atoms with Crippen LogP contribution in [0.15, 0.2) is 23.1 Å². The summed E-state index contributed by atoms with van der Waals surface area (Å²) in [4.78, 5) is -0.587. The second-order valence-corrected chi connectivity index (χ2v) is 7.57. The van der Waals surface area contributed by atoms with Gasteiger partial charge in [-0.25, -0.2) is 8.42 Å². The number of hydrogen-bond donors (Lipinski definition) is 1. The predicted molar refractivity (Wildman–Crippen MR) is 68.3 cm³/mol. The smallest absolute Gasteiger partial charge is 0.383 e. The Bertz CT molecular complexity index is 648. The van der Waals surface area contributed by atoms with Crippen LogP contribution in [0, 0.1) is 5.41 Å². The number of sulfone groups is 1. The molecule has 0 saturated heterocycles. The molecule has 0 atom stereocenters. The number of halogens is 3. The Morgan fingerprint density at radius 2 is 1.90 bits per heavy atom. The Morgan fingerprint density at radius 3 is 2.45 bits per heavy atom. The molecule has 1 heterocycles. The minimum Gasteiger partial charge on any atom is -0.383 e. The number of hydrogen-bond acceptors (Lipinski definition) is 3. The molecule has 1 N–H and O–H groups in total. The van der Waals surface area contributed by atoms with Crippen molar-refractivity contribution in [2.75, 3.05) is 17.6 Å². The molecule has 0 unspecified atom stereocenters. The van der Waals surface area contributed by atoms with Gasteiger partial charge in [-0.1, -0.05) is 12.5 Å². The van der Waals surface area contributed by atoms with Crippen LogP contribution >= 0.6 is 0 Å². The maximum absolute atomic E-state index is 13.0. The summed E-state index contributed by atoms with van der Waals surface area (Å²) in [6, 6.07) is 3.47. The van der Waals surface area contributed by atoms with Crippen molar-refractivity contribution >= 4 is 15.5 Å². The van der Waals surface area contributed by atoms with Crippen molar-refractivity contribution in [1.82, 2.24) is 0 Å². The van der Waals surface area contributed by atoms with Crippen LogP contribution in [-0.4, -0.2) is 20.7 Å². The first-order valence-corrected chi connectivity index (χ1v) is 8.06. The molecule has 110 valence electrons. The van der Waals surface area contributed by atoms with Crippen molar-refractivity contribution in [3.05, 3.63) is 23.8 Å². The average molecular weight is 305 g/mol. The lowest BCUT2D eigenvalue weighted by Crippen LogP contribution is -2.40. The highest BCUT2D eigenvalue weighted by molar-refractivity contribution is 7.91. The quantitative estimate of drug-likeness (QED) is 0.801. The maximum atomic E-state index is 13.0. The number of nitrogens with one attached hydrogen (secondary N) is 1. The summed E-state index contributed by atoms with van der Waals surface area (Å²) in [7, 11) is -3.94. The molecule has 3 nitrogen and oxygen atoms in total. The first-order valence-electron chi connectivity index (χ1n) is 6.40. The molecule has 2 aliphatic rings. The summed E-state index contributed by atoms with van der Waals surface area (Å²) in [5, 5.41) is 2.91. The SMILES string of the molecule is O=S1(=O)CC2(CCC2)CNc2cccc(C(F)(F)F)c21. The maximum Gasteiger partial charge on any atom is 0.417 e. The van der Waals surface area contributed by atoms with Crippen LogP contribution in [0.2, 0.25) is 0 Å². The lowest BCUT2D eigenvalue weighted by atomic mass is 9.70. The molecule has 0 aromatic heterocycles. The van der Waals surface area contributed by atoms with Crippen LogP contribution in [0.4, 0.5) is 18.9 Å². The predicted octanol–water partition coefficient (Wildman–Crippen LogP) is 3.07. The minimum absolute atomic E-state index is 0.0728. The van der Waals surface area contributed by atoms with E-state index in [2.05, 4.69) is 5.32 Å². The van der Waals surface area contributed by atoms with Crippen molar-refractivity contribution in [3.8, 4) is 0 Å². The highest BCUT2D eigenvalue weighted by atomic mass is 32.2. The molecule has 7 heteroatoms. The van der Waals surface area contributed by atoms with E-state index in [1.54, 1.807) is 0 Å². The Balaban J connectivity index is 2.18. The van der Waals surface area contributed by atoms with E-state index in [0.717, 1.165) is 25.3 Å². The van der Waals surface area contributed by atoms with Gasteiger partial charge >= 0.3 is 6.18 Å². The summed E-state index contributed by atoms with van der Waals surface area (Å²) >= 11 is 0. The number of anilines is 1. The molecule has 3 rings (SSSR count). The van der Waals surface area contributed by atoms with Crippen LogP contribution in [-0.2, 0) is 16.0 Å². The molecule has 1 saturated carbocycles. The summed E-state index contributed by atoms with van der Waals surface area (Å²) in [6.07, 6.45) is -2.25. The third-order valence-corrected chi connectivity index (χ3v) is 6.25. The van der Waals surface area contributed by atoms with Gasteiger partial charge in [0.15, 0.2) is 9.84 Å². The molecule has 20 heavy (non-hydrogen) atoms. The van der Waals surface area contributed by atoms with Gasteiger partial charge in [0.25, 0.3) is 0 Å². The largest absolute Gasteiger partial charge is 0.417 e. The van der Waals surface area contributed by atoms with Crippen molar-refractivity contribution < 1.29 is 21.6 Å². The standard InChI is InChI=1S/C13H14F3NO2S/c14-13(15,16)9-3-1-4-10-11(9)20(18,19)8-12(7-17-10)5-2-6-12/h1,3-4,17H,2,5-8H2. The fraction of sp³-hybridized carbons (Fsp3) is 0.538. The highest BCUT2D eigenvalue weighted by Crippen LogP contribution is 2.48. The Kier molecular flexibility index (Phi) is 2.83. The zero-order valence-corrected chi connectivity index (χ0v) is 11.4. The molecule has 1 aliphatic carbocycles. The fourth-order valence-electron chi connectivity index (χ4n) is 3.04. The van der Waals surface area contributed by atoms with Gasteiger partial charge in [-0.15, -0.1) is 0 Å². The fourth-order valence-corrected chi connectivity index (χ4v) is 5.38. The van der Waals surface area contributed by atoms with Gasteiger partial charge in [0.2, 0.25) is 0 Å². The monoisotopic (exact) mass is 305 g/mol. The van der Waals surface area contributed by atoms with E-state index in [-0.39, 0.29) is 11.4 Å². The Hall–Kier alpha value is -1.24. The first-order chi connectivity index (χ1) is 9.24. The lowest BCUT2D eigenvalue weighted by Gasteiger charge is -2.40. The summed E-state index contributed by atoms with van der Waals surface area (Å²) in [5.74, 6) is -0.201. The van der Waals surface area contributed by atoms with Gasteiger partial charge in [-0.3, -0.25) is 0 Å². The van der Waals surface area contributed by atoms with Crippen molar-refractivity contribution in [3.63, 3.8) is 0 Å². The Morgan fingerprint density at radius 1 is 1.20 bits per heavy atom. The summed E-state index contributed by atoms with van der Waals surface area (Å²) in [5.41, 5.74) is -1.40. The van der Waals surface area contributed by atoms with E-state index in [1.165, 1.54) is 12.1 Å². The van der Waals surface area contributed by atoms with Gasteiger partial charge in [0, 0.05) is 12.0 Å². The van der Waals surface area contributed by atoms with Crippen molar-refractivity contribution in [2.45, 2.75) is 30.3 Å². The van der Waals surface area contributed by atoms with E-state index >= 15 is 0 Å². The average Bonchev–Trinajstić information content (AvgIpc) is 2.42. The van der Waals surface area contributed by atoms with Crippen LogP contribution in [0.5, 0.6) is 0 Å². The topological polar surface area (TPSA) is 46.2 Å². The second kappa shape index (κ2) is 4.13. The normalized spacial score (nSPS) is 23.4. The van der Waals surface area contributed by atoms with E-state index in [9.17, 15) is 21.6 Å². The van der Waals surface area contributed by atoms with Gasteiger partial charge in [0.05, 0.1) is 17.0 Å². The molecule has 1 aromatic rings. The first kappa shape index (κ1) is 13.7. The number of rotatable bonds is 0. The Labute approximate surface area is 115 Å². The van der Waals surface area contributed by atoms with Gasteiger partial charge in [-0.2, -0.15) is 13.2 Å². The number of alkyl halides is 3. The summed E-state index contributed by atoms with van der Waals surface area (Å²) in [6.45, 7) is 0.417. The van der Waals surface area contributed by atoms with Crippen molar-refractivity contribution in [1.29, 1.82) is 0 Å². The molecule has 0 bridgehead atoms. The third kappa shape index (κ3) is 2.08. The minimum atomic E-state index is -4.67. The van der Waals surface area contributed by atoms with E-state index < -0.39 is 31.9 Å². The van der Waals surface area contributed by atoms with Crippen molar-refractivity contribution in [2.24, 2.45) is 5.41 Å². The molecular formula is C13H14F3NO2S. The van der Waals surface area contributed by atoms with Crippen LogP contribution in [0.25, 0.3) is 0 Å². The number of benzene rings is 1. The zero-order valence-electron chi connectivity index (χ0n) is 10.6. The van der Waals surface area contributed by atoms with E-state index in [0.29, 0.717) is 6.54 Å². The van der Waals surface area contributed by atoms with Crippen LogP contribution in [0.3, 0.4) is 0 Å². The molecule has 1 fully saturated rings. The summed E-state index contributed by atoms with van der Waals surface area (Å²) < 4.78 is 64.0. The van der Waals surface area contributed by atoms with Gasteiger partial charge in [-0.05, 0) is 25.0 Å². The zero-order chi connectivity index (χ0) is 14.6. The molecule has 1 spiro atoms. The lowest BCUT2D eigenvalue weighted by molar-refractivity contribution is -0.139. The molecule has 0 radical (unpaired) electrons. The van der Waals surface area contributed by atoms with Gasteiger partial charge < -0.3 is 5.32 Å². The molecule has 1 aliphatic heterocycles. The van der Waals surface area contributed by atoms with Gasteiger partial charge in [0.1, 0.15) is 4.90 Å². The van der Waals surface area contributed by atoms with Crippen LogP contribution in [0.1, 0.15) is 24.8 Å².